The van der Waals surface area contributed by atoms with E-state index in [1.807, 2.05) is 50.2 Å². The Bertz CT molecular complexity index is 611. The van der Waals surface area contributed by atoms with Crippen molar-refractivity contribution in [3.8, 4) is 11.1 Å². The Kier molecular flexibility index (Phi) is 5.67. The van der Waals surface area contributed by atoms with Gasteiger partial charge in [-0.05, 0) is 41.7 Å². The van der Waals surface area contributed by atoms with E-state index in [1.54, 1.807) is 12.4 Å². The fourth-order valence-corrected chi connectivity index (χ4v) is 2.42. The summed E-state index contributed by atoms with van der Waals surface area (Å²) in [7, 11) is 0. The number of aliphatic hydroxyl groups is 1. The SMILES string of the molecule is CC(C)C(CCO)NC(=O)c1ccccc1-c1ccncc1. The number of carbonyl (C=O) groups excluding carboxylic acids is 1. The number of pyridine rings is 1. The number of nitrogens with one attached hydrogen (secondary N) is 1. The van der Waals surface area contributed by atoms with Crippen LogP contribution < -0.4 is 5.32 Å². The van der Waals surface area contributed by atoms with E-state index < -0.39 is 0 Å². The topological polar surface area (TPSA) is 62.2 Å². The van der Waals surface area contributed by atoms with E-state index in [9.17, 15) is 4.79 Å². The summed E-state index contributed by atoms with van der Waals surface area (Å²) in [6.45, 7) is 4.14. The predicted molar refractivity (Wildman–Crippen MR) is 87.5 cm³/mol. The molecule has 1 aromatic heterocycles. The summed E-state index contributed by atoms with van der Waals surface area (Å²) in [4.78, 5) is 16.6. The molecule has 0 spiro atoms. The highest BCUT2D eigenvalue weighted by atomic mass is 16.3. The van der Waals surface area contributed by atoms with Gasteiger partial charge < -0.3 is 10.4 Å². The molecular formula is C18H22N2O2. The Morgan fingerprint density at radius 3 is 2.50 bits per heavy atom. The number of hydrogen-bond acceptors (Lipinski definition) is 3. The van der Waals surface area contributed by atoms with Crippen LogP contribution >= 0.6 is 0 Å². The maximum absolute atomic E-state index is 12.6. The van der Waals surface area contributed by atoms with Crippen molar-refractivity contribution in [2.45, 2.75) is 26.3 Å². The lowest BCUT2D eigenvalue weighted by atomic mass is 9.97. The summed E-state index contributed by atoms with van der Waals surface area (Å²) in [5.41, 5.74) is 2.48. The first kappa shape index (κ1) is 16.2. The van der Waals surface area contributed by atoms with Crippen molar-refractivity contribution in [1.82, 2.24) is 10.3 Å². The number of rotatable bonds is 6. The number of nitrogens with zero attached hydrogens (tertiary/aromatic N) is 1. The summed E-state index contributed by atoms with van der Waals surface area (Å²) < 4.78 is 0. The second kappa shape index (κ2) is 7.71. The first-order chi connectivity index (χ1) is 10.6. The molecule has 116 valence electrons. The van der Waals surface area contributed by atoms with E-state index in [-0.39, 0.29) is 24.5 Å². The quantitative estimate of drug-likeness (QED) is 0.862. The van der Waals surface area contributed by atoms with E-state index in [4.69, 9.17) is 5.11 Å². The number of amides is 1. The third-order valence-electron chi connectivity index (χ3n) is 3.72. The van der Waals surface area contributed by atoms with Crippen LogP contribution in [0.15, 0.2) is 48.8 Å². The number of carbonyl (C=O) groups is 1. The average molecular weight is 298 g/mol. The number of benzene rings is 1. The molecule has 0 saturated carbocycles. The fraction of sp³-hybridized carbons (Fsp3) is 0.333. The fourth-order valence-electron chi connectivity index (χ4n) is 2.42. The van der Waals surface area contributed by atoms with Crippen molar-refractivity contribution >= 4 is 5.91 Å². The molecule has 0 saturated heterocycles. The summed E-state index contributed by atoms with van der Waals surface area (Å²) in [6, 6.07) is 11.3. The molecule has 1 aromatic carbocycles. The molecule has 1 amide bonds. The Hall–Kier alpha value is -2.20. The van der Waals surface area contributed by atoms with Crippen molar-refractivity contribution in [2.75, 3.05) is 6.61 Å². The van der Waals surface area contributed by atoms with Gasteiger partial charge in [-0.3, -0.25) is 9.78 Å². The third kappa shape index (κ3) is 3.92. The van der Waals surface area contributed by atoms with Crippen molar-refractivity contribution in [1.29, 1.82) is 0 Å². The monoisotopic (exact) mass is 298 g/mol. The van der Waals surface area contributed by atoms with Crippen LogP contribution in [0.3, 0.4) is 0 Å². The molecule has 0 bridgehead atoms. The normalized spacial score (nSPS) is 12.2. The molecule has 2 rings (SSSR count). The summed E-state index contributed by atoms with van der Waals surface area (Å²) in [5, 5.41) is 12.2. The maximum atomic E-state index is 12.6. The van der Waals surface area contributed by atoms with Gasteiger partial charge in [0.25, 0.3) is 5.91 Å². The highest BCUT2D eigenvalue weighted by molar-refractivity contribution is 6.01. The van der Waals surface area contributed by atoms with Crippen molar-refractivity contribution in [3.05, 3.63) is 54.4 Å². The van der Waals surface area contributed by atoms with Crippen LogP contribution in [-0.4, -0.2) is 28.6 Å². The molecule has 4 heteroatoms. The molecule has 1 unspecified atom stereocenters. The zero-order chi connectivity index (χ0) is 15.9. The van der Waals surface area contributed by atoms with Gasteiger partial charge in [-0.25, -0.2) is 0 Å². The van der Waals surface area contributed by atoms with E-state index in [0.29, 0.717) is 12.0 Å². The predicted octanol–water partition coefficient (Wildman–Crippen LogP) is 2.89. The van der Waals surface area contributed by atoms with Crippen LogP contribution in [0.1, 0.15) is 30.6 Å². The van der Waals surface area contributed by atoms with Gasteiger partial charge in [-0.2, -0.15) is 0 Å². The molecule has 1 atom stereocenters. The molecule has 2 N–H and O–H groups in total. The average Bonchev–Trinajstić information content (AvgIpc) is 2.55. The number of hydrogen-bond donors (Lipinski definition) is 2. The van der Waals surface area contributed by atoms with Gasteiger partial charge >= 0.3 is 0 Å². The highest BCUT2D eigenvalue weighted by Crippen LogP contribution is 2.23. The van der Waals surface area contributed by atoms with Gasteiger partial charge in [0, 0.05) is 30.6 Å². The summed E-state index contributed by atoms with van der Waals surface area (Å²) in [5.74, 6) is 0.156. The standard InChI is InChI=1S/C18H22N2O2/c1-13(2)17(9-12-21)20-18(22)16-6-4-3-5-15(16)14-7-10-19-11-8-14/h3-8,10-11,13,17,21H,9,12H2,1-2H3,(H,20,22). The third-order valence-corrected chi connectivity index (χ3v) is 3.72. The van der Waals surface area contributed by atoms with Crippen LogP contribution in [0.4, 0.5) is 0 Å². The maximum Gasteiger partial charge on any atom is 0.252 e. The molecular weight excluding hydrogens is 276 g/mol. The summed E-state index contributed by atoms with van der Waals surface area (Å²) in [6.07, 6.45) is 3.99. The number of aromatic nitrogens is 1. The Labute approximate surface area is 131 Å². The lowest BCUT2D eigenvalue weighted by Gasteiger charge is -2.22. The zero-order valence-electron chi connectivity index (χ0n) is 13.0. The van der Waals surface area contributed by atoms with Gasteiger partial charge in [0.15, 0.2) is 0 Å². The molecule has 2 aromatic rings. The smallest absolute Gasteiger partial charge is 0.252 e. The minimum absolute atomic E-state index is 0.0389. The van der Waals surface area contributed by atoms with Gasteiger partial charge in [-0.15, -0.1) is 0 Å². The van der Waals surface area contributed by atoms with E-state index in [0.717, 1.165) is 11.1 Å². The van der Waals surface area contributed by atoms with Crippen molar-refractivity contribution in [2.24, 2.45) is 5.92 Å². The Morgan fingerprint density at radius 2 is 1.86 bits per heavy atom. The van der Waals surface area contributed by atoms with E-state index >= 15 is 0 Å². The van der Waals surface area contributed by atoms with Crippen LogP contribution in [0, 0.1) is 5.92 Å². The minimum atomic E-state index is -0.112. The van der Waals surface area contributed by atoms with Gasteiger partial charge in [0.05, 0.1) is 0 Å². The Balaban J connectivity index is 2.27. The molecule has 4 nitrogen and oxygen atoms in total. The molecule has 0 fully saturated rings. The molecule has 0 radical (unpaired) electrons. The van der Waals surface area contributed by atoms with Gasteiger partial charge in [0.1, 0.15) is 0 Å². The second-order valence-corrected chi connectivity index (χ2v) is 5.62. The number of aliphatic hydroxyl groups excluding tert-OH is 1. The summed E-state index contributed by atoms with van der Waals surface area (Å²) >= 11 is 0. The molecule has 0 aliphatic rings. The largest absolute Gasteiger partial charge is 0.396 e. The molecule has 22 heavy (non-hydrogen) atoms. The minimum Gasteiger partial charge on any atom is -0.396 e. The lowest BCUT2D eigenvalue weighted by molar-refractivity contribution is 0.0917. The van der Waals surface area contributed by atoms with E-state index in [1.165, 1.54) is 0 Å². The van der Waals surface area contributed by atoms with Gasteiger partial charge in [-0.1, -0.05) is 32.0 Å². The van der Waals surface area contributed by atoms with Crippen molar-refractivity contribution < 1.29 is 9.90 Å². The second-order valence-electron chi connectivity index (χ2n) is 5.62. The van der Waals surface area contributed by atoms with Crippen molar-refractivity contribution in [3.63, 3.8) is 0 Å². The van der Waals surface area contributed by atoms with E-state index in [2.05, 4.69) is 10.3 Å². The van der Waals surface area contributed by atoms with Crippen LogP contribution in [-0.2, 0) is 0 Å². The van der Waals surface area contributed by atoms with Gasteiger partial charge in [0.2, 0.25) is 0 Å². The van der Waals surface area contributed by atoms with Crippen LogP contribution in [0.5, 0.6) is 0 Å². The molecule has 0 aliphatic carbocycles. The first-order valence-corrected chi connectivity index (χ1v) is 7.54. The van der Waals surface area contributed by atoms with Crippen LogP contribution in [0.25, 0.3) is 11.1 Å². The molecule has 0 aliphatic heterocycles. The Morgan fingerprint density at radius 1 is 1.18 bits per heavy atom. The highest BCUT2D eigenvalue weighted by Gasteiger charge is 2.18. The zero-order valence-corrected chi connectivity index (χ0v) is 13.0. The lowest BCUT2D eigenvalue weighted by Crippen LogP contribution is -2.39. The van der Waals surface area contributed by atoms with Crippen LogP contribution in [0.2, 0.25) is 0 Å². The molecule has 1 heterocycles. The first-order valence-electron chi connectivity index (χ1n) is 7.54.